The molecule has 0 bridgehead atoms. The van der Waals surface area contributed by atoms with Crippen LogP contribution in [0.2, 0.25) is 0 Å². The summed E-state index contributed by atoms with van der Waals surface area (Å²) in [5, 5.41) is 28.3. The van der Waals surface area contributed by atoms with Gasteiger partial charge in [0.25, 0.3) is 0 Å². The molecule has 1 rings (SSSR count). The van der Waals surface area contributed by atoms with Gasteiger partial charge in [-0.2, -0.15) is 0 Å². The lowest BCUT2D eigenvalue weighted by Crippen LogP contribution is -2.14. The molecule has 100 valence electrons. The summed E-state index contributed by atoms with van der Waals surface area (Å²) in [6.45, 7) is 3.98. The van der Waals surface area contributed by atoms with E-state index in [2.05, 4.69) is 6.92 Å². The second kappa shape index (κ2) is 6.28. The standard InChI is InChI=1S/C14H20O4/c1-3-5-6-9(4-2)12(16)10-7-8-11(15)14(18)13(10)17/h7-9,15,17-18H,3-6H2,1-2H3. The minimum Gasteiger partial charge on any atom is -0.504 e. The van der Waals surface area contributed by atoms with Gasteiger partial charge in [0.15, 0.2) is 17.3 Å². The van der Waals surface area contributed by atoms with Crippen LogP contribution in [0, 0.1) is 5.92 Å². The molecule has 3 N–H and O–H groups in total. The van der Waals surface area contributed by atoms with E-state index in [1.807, 2.05) is 6.92 Å². The number of hydrogen-bond donors (Lipinski definition) is 3. The number of rotatable bonds is 6. The molecule has 0 aliphatic heterocycles. The van der Waals surface area contributed by atoms with Crippen molar-refractivity contribution >= 4 is 5.78 Å². The van der Waals surface area contributed by atoms with E-state index in [-0.39, 0.29) is 17.3 Å². The van der Waals surface area contributed by atoms with Crippen LogP contribution in [0.15, 0.2) is 12.1 Å². The third-order valence-electron chi connectivity index (χ3n) is 3.17. The monoisotopic (exact) mass is 252 g/mol. The van der Waals surface area contributed by atoms with Crippen molar-refractivity contribution in [2.75, 3.05) is 0 Å². The topological polar surface area (TPSA) is 77.8 Å². The van der Waals surface area contributed by atoms with Crippen molar-refractivity contribution in [2.24, 2.45) is 5.92 Å². The number of hydrogen-bond acceptors (Lipinski definition) is 4. The second-order valence-electron chi connectivity index (χ2n) is 4.44. The highest BCUT2D eigenvalue weighted by Crippen LogP contribution is 2.38. The molecule has 0 radical (unpaired) electrons. The number of Topliss-reactive ketones (excluding diaryl/α,β-unsaturated/α-hetero) is 1. The lowest BCUT2D eigenvalue weighted by atomic mass is 9.90. The maximum atomic E-state index is 12.2. The maximum absolute atomic E-state index is 12.2. The van der Waals surface area contributed by atoms with Crippen LogP contribution in [0.1, 0.15) is 49.9 Å². The van der Waals surface area contributed by atoms with Crippen LogP contribution in [0.4, 0.5) is 0 Å². The molecule has 0 spiro atoms. The highest BCUT2D eigenvalue weighted by molar-refractivity contribution is 6.01. The second-order valence-corrected chi connectivity index (χ2v) is 4.44. The summed E-state index contributed by atoms with van der Waals surface area (Å²) in [5.74, 6) is -1.93. The van der Waals surface area contributed by atoms with E-state index in [0.29, 0.717) is 6.42 Å². The first-order chi connectivity index (χ1) is 8.52. The first-order valence-corrected chi connectivity index (χ1v) is 6.31. The first kappa shape index (κ1) is 14.4. The van der Waals surface area contributed by atoms with Crippen LogP contribution < -0.4 is 0 Å². The predicted molar refractivity (Wildman–Crippen MR) is 69.1 cm³/mol. The Balaban J connectivity index is 2.98. The molecule has 0 saturated heterocycles. The van der Waals surface area contributed by atoms with Crippen molar-refractivity contribution in [1.29, 1.82) is 0 Å². The van der Waals surface area contributed by atoms with E-state index >= 15 is 0 Å². The van der Waals surface area contributed by atoms with E-state index in [1.165, 1.54) is 12.1 Å². The van der Waals surface area contributed by atoms with Crippen LogP contribution >= 0.6 is 0 Å². The van der Waals surface area contributed by atoms with Gasteiger partial charge in [-0.1, -0.05) is 26.7 Å². The summed E-state index contributed by atoms with van der Waals surface area (Å²) in [6, 6.07) is 2.57. The Morgan fingerprint density at radius 2 is 1.83 bits per heavy atom. The van der Waals surface area contributed by atoms with Gasteiger partial charge in [0.1, 0.15) is 0 Å². The van der Waals surface area contributed by atoms with Crippen molar-refractivity contribution in [3.8, 4) is 17.2 Å². The molecule has 0 heterocycles. The van der Waals surface area contributed by atoms with Crippen molar-refractivity contribution < 1.29 is 20.1 Å². The molecular formula is C14H20O4. The third kappa shape index (κ3) is 2.94. The van der Waals surface area contributed by atoms with Crippen LogP contribution in [0.25, 0.3) is 0 Å². The molecule has 0 amide bonds. The van der Waals surface area contributed by atoms with E-state index in [9.17, 15) is 20.1 Å². The van der Waals surface area contributed by atoms with Gasteiger partial charge in [-0.05, 0) is 25.0 Å². The Bertz CT molecular complexity index is 426. The smallest absolute Gasteiger partial charge is 0.201 e. The van der Waals surface area contributed by atoms with Crippen molar-refractivity contribution in [3.05, 3.63) is 17.7 Å². The third-order valence-corrected chi connectivity index (χ3v) is 3.17. The number of ketones is 1. The maximum Gasteiger partial charge on any atom is 0.201 e. The van der Waals surface area contributed by atoms with Crippen molar-refractivity contribution in [2.45, 2.75) is 39.5 Å². The highest BCUT2D eigenvalue weighted by atomic mass is 16.3. The molecule has 1 aromatic rings. The number of benzene rings is 1. The van der Waals surface area contributed by atoms with Crippen LogP contribution in [0.3, 0.4) is 0 Å². The number of carbonyl (C=O) groups excluding carboxylic acids is 1. The van der Waals surface area contributed by atoms with Gasteiger partial charge in [0.2, 0.25) is 5.75 Å². The normalized spacial score (nSPS) is 12.3. The van der Waals surface area contributed by atoms with E-state index < -0.39 is 17.2 Å². The van der Waals surface area contributed by atoms with Gasteiger partial charge in [-0.3, -0.25) is 4.79 Å². The summed E-state index contributed by atoms with van der Waals surface area (Å²) in [5.41, 5.74) is 0.0771. The summed E-state index contributed by atoms with van der Waals surface area (Å²) in [7, 11) is 0. The minimum atomic E-state index is -0.633. The largest absolute Gasteiger partial charge is 0.504 e. The van der Waals surface area contributed by atoms with Crippen LogP contribution in [0.5, 0.6) is 17.2 Å². The van der Waals surface area contributed by atoms with Gasteiger partial charge < -0.3 is 15.3 Å². The van der Waals surface area contributed by atoms with Crippen molar-refractivity contribution in [3.63, 3.8) is 0 Å². The average Bonchev–Trinajstić information content (AvgIpc) is 2.37. The fraction of sp³-hybridized carbons (Fsp3) is 0.500. The van der Waals surface area contributed by atoms with Crippen molar-refractivity contribution in [1.82, 2.24) is 0 Å². The Labute approximate surface area is 107 Å². The van der Waals surface area contributed by atoms with Crippen LogP contribution in [-0.4, -0.2) is 21.1 Å². The lowest BCUT2D eigenvalue weighted by molar-refractivity contribution is 0.0904. The van der Waals surface area contributed by atoms with E-state index in [4.69, 9.17) is 0 Å². The van der Waals surface area contributed by atoms with Gasteiger partial charge in [0.05, 0.1) is 5.56 Å². The SMILES string of the molecule is CCCCC(CC)C(=O)c1ccc(O)c(O)c1O. The van der Waals surface area contributed by atoms with E-state index in [0.717, 1.165) is 19.3 Å². The van der Waals surface area contributed by atoms with Crippen LogP contribution in [-0.2, 0) is 0 Å². The number of phenols is 3. The molecular weight excluding hydrogens is 232 g/mol. The molecule has 0 aliphatic carbocycles. The minimum absolute atomic E-state index is 0.0771. The molecule has 18 heavy (non-hydrogen) atoms. The first-order valence-electron chi connectivity index (χ1n) is 6.31. The molecule has 1 atom stereocenters. The molecule has 0 fully saturated rings. The zero-order valence-electron chi connectivity index (χ0n) is 10.8. The fourth-order valence-electron chi connectivity index (χ4n) is 1.96. The molecule has 0 saturated carbocycles. The molecule has 0 aromatic heterocycles. The summed E-state index contributed by atoms with van der Waals surface area (Å²) in [6.07, 6.45) is 3.43. The lowest BCUT2D eigenvalue weighted by Gasteiger charge is -2.14. The van der Waals surface area contributed by atoms with Gasteiger partial charge in [0, 0.05) is 5.92 Å². The molecule has 4 nitrogen and oxygen atoms in total. The quantitative estimate of drug-likeness (QED) is 0.536. The average molecular weight is 252 g/mol. The zero-order chi connectivity index (χ0) is 13.7. The molecule has 4 heteroatoms. The predicted octanol–water partition coefficient (Wildman–Crippen LogP) is 3.20. The summed E-state index contributed by atoms with van der Waals surface area (Å²) < 4.78 is 0. The van der Waals surface area contributed by atoms with Gasteiger partial charge >= 0.3 is 0 Å². The number of aromatic hydroxyl groups is 3. The Morgan fingerprint density at radius 3 is 2.39 bits per heavy atom. The highest BCUT2D eigenvalue weighted by Gasteiger charge is 2.23. The molecule has 1 unspecified atom stereocenters. The Morgan fingerprint density at radius 1 is 1.17 bits per heavy atom. The number of phenolic OH excluding ortho intramolecular Hbond substituents is 3. The number of unbranched alkanes of at least 4 members (excludes halogenated alkanes) is 1. The zero-order valence-corrected chi connectivity index (χ0v) is 10.8. The fourth-order valence-corrected chi connectivity index (χ4v) is 1.96. The summed E-state index contributed by atoms with van der Waals surface area (Å²) >= 11 is 0. The van der Waals surface area contributed by atoms with Gasteiger partial charge in [-0.25, -0.2) is 0 Å². The molecule has 0 aliphatic rings. The summed E-state index contributed by atoms with van der Waals surface area (Å²) in [4.78, 5) is 12.2. The van der Waals surface area contributed by atoms with Gasteiger partial charge in [-0.15, -0.1) is 0 Å². The van der Waals surface area contributed by atoms with E-state index in [1.54, 1.807) is 0 Å². The number of carbonyl (C=O) groups is 1. The Hall–Kier alpha value is -1.71. The molecule has 1 aromatic carbocycles. The Kier molecular flexibility index (Phi) is 5.01.